The van der Waals surface area contributed by atoms with Crippen LogP contribution in [0, 0.1) is 0 Å². The van der Waals surface area contributed by atoms with E-state index in [4.69, 9.17) is 23.2 Å². The molecule has 10 heteroatoms. The van der Waals surface area contributed by atoms with Crippen LogP contribution in [0.3, 0.4) is 0 Å². The van der Waals surface area contributed by atoms with Gasteiger partial charge in [0.2, 0.25) is 21.8 Å². The van der Waals surface area contributed by atoms with Crippen LogP contribution in [-0.2, 0) is 32.6 Å². The van der Waals surface area contributed by atoms with Crippen molar-refractivity contribution >= 4 is 50.7 Å². The Morgan fingerprint density at radius 3 is 2.12 bits per heavy atom. The lowest BCUT2D eigenvalue weighted by atomic mass is 10.0. The van der Waals surface area contributed by atoms with Crippen LogP contribution in [0.1, 0.15) is 44.2 Å². The van der Waals surface area contributed by atoms with Crippen molar-refractivity contribution in [3.8, 4) is 0 Å². The molecule has 2 amide bonds. The van der Waals surface area contributed by atoms with Gasteiger partial charge >= 0.3 is 0 Å². The van der Waals surface area contributed by atoms with E-state index >= 15 is 0 Å². The van der Waals surface area contributed by atoms with Gasteiger partial charge in [0, 0.05) is 32.0 Å². The van der Waals surface area contributed by atoms with Crippen LogP contribution in [0.2, 0.25) is 10.0 Å². The van der Waals surface area contributed by atoms with Gasteiger partial charge in [-0.15, -0.1) is 0 Å². The number of benzene rings is 3. The van der Waals surface area contributed by atoms with E-state index in [1.54, 1.807) is 47.4 Å². The average Bonchev–Trinajstić information content (AvgIpc) is 2.95. The molecule has 41 heavy (non-hydrogen) atoms. The summed E-state index contributed by atoms with van der Waals surface area (Å²) in [7, 11) is -3.56. The van der Waals surface area contributed by atoms with Gasteiger partial charge in [0.1, 0.15) is 6.04 Å². The Labute approximate surface area is 253 Å². The fraction of sp³-hybridized carbons (Fsp3) is 0.355. The highest BCUT2D eigenvalue weighted by atomic mass is 35.5. The molecule has 0 heterocycles. The second-order valence-electron chi connectivity index (χ2n) is 10.1. The van der Waals surface area contributed by atoms with Crippen LogP contribution in [0.15, 0.2) is 78.9 Å². The second kappa shape index (κ2) is 15.2. The summed E-state index contributed by atoms with van der Waals surface area (Å²) >= 11 is 12.4. The predicted octanol–water partition coefficient (Wildman–Crippen LogP) is 6.09. The lowest BCUT2D eigenvalue weighted by Crippen LogP contribution is -2.52. The molecule has 0 aromatic heterocycles. The third kappa shape index (κ3) is 9.76. The van der Waals surface area contributed by atoms with Gasteiger partial charge in [-0.05, 0) is 55.2 Å². The van der Waals surface area contributed by atoms with E-state index < -0.39 is 16.1 Å². The zero-order valence-corrected chi connectivity index (χ0v) is 25.9. The highest BCUT2D eigenvalue weighted by molar-refractivity contribution is 7.92. The van der Waals surface area contributed by atoms with Crippen molar-refractivity contribution in [3.05, 3.63) is 100 Å². The summed E-state index contributed by atoms with van der Waals surface area (Å²) in [5.41, 5.74) is 2.17. The highest BCUT2D eigenvalue weighted by Crippen LogP contribution is 2.25. The minimum atomic E-state index is -3.56. The molecule has 1 N–H and O–H groups in total. The molecule has 3 rings (SSSR count). The first-order valence-corrected chi connectivity index (χ1v) is 16.2. The van der Waals surface area contributed by atoms with Gasteiger partial charge in [-0.2, -0.15) is 0 Å². The SMILES string of the molecule is CCC(C)NC(=O)C(Cc1ccccc1)N(Cc1ccc(Cl)c(Cl)c1)C(=O)CCCN(c1ccccc1)S(C)(=O)=O. The van der Waals surface area contributed by atoms with Gasteiger partial charge < -0.3 is 10.2 Å². The van der Waals surface area contributed by atoms with E-state index in [2.05, 4.69) is 5.32 Å². The summed E-state index contributed by atoms with van der Waals surface area (Å²) in [5.74, 6) is -0.517. The zero-order chi connectivity index (χ0) is 30.0. The number of rotatable bonds is 14. The van der Waals surface area contributed by atoms with Crippen molar-refractivity contribution < 1.29 is 18.0 Å². The number of para-hydroxylation sites is 1. The fourth-order valence-electron chi connectivity index (χ4n) is 4.43. The normalized spacial score (nSPS) is 12.8. The molecule has 0 aliphatic carbocycles. The number of anilines is 1. The van der Waals surface area contributed by atoms with Gasteiger partial charge in [0.05, 0.1) is 22.0 Å². The highest BCUT2D eigenvalue weighted by Gasteiger charge is 2.31. The molecule has 0 saturated carbocycles. The monoisotopic (exact) mass is 617 g/mol. The first kappa shape index (κ1) is 32.4. The van der Waals surface area contributed by atoms with Crippen LogP contribution in [0.25, 0.3) is 0 Å². The van der Waals surface area contributed by atoms with E-state index in [9.17, 15) is 18.0 Å². The van der Waals surface area contributed by atoms with Crippen molar-refractivity contribution in [2.45, 2.75) is 58.2 Å². The molecule has 0 aliphatic rings. The number of nitrogens with one attached hydrogen (secondary N) is 1. The number of hydrogen-bond acceptors (Lipinski definition) is 4. The molecule has 0 saturated heterocycles. The Bertz CT molecular complexity index is 1410. The molecule has 3 aromatic carbocycles. The molecule has 0 radical (unpaired) electrons. The Morgan fingerprint density at radius 2 is 1.54 bits per heavy atom. The van der Waals surface area contributed by atoms with Crippen molar-refractivity contribution in [2.24, 2.45) is 0 Å². The molecule has 2 unspecified atom stereocenters. The second-order valence-corrected chi connectivity index (χ2v) is 12.8. The maximum atomic E-state index is 13.9. The molecule has 0 bridgehead atoms. The van der Waals surface area contributed by atoms with E-state index in [1.165, 1.54) is 4.31 Å². The average molecular weight is 619 g/mol. The summed E-state index contributed by atoms with van der Waals surface area (Å²) in [6, 6.07) is 22.6. The summed E-state index contributed by atoms with van der Waals surface area (Å²) in [6.07, 6.45) is 2.51. The van der Waals surface area contributed by atoms with Crippen LogP contribution in [0.4, 0.5) is 5.69 Å². The topological polar surface area (TPSA) is 86.8 Å². The van der Waals surface area contributed by atoms with Crippen LogP contribution in [-0.4, -0.2) is 50.0 Å². The molecular formula is C31H37Cl2N3O4S. The van der Waals surface area contributed by atoms with Crippen molar-refractivity contribution in [2.75, 3.05) is 17.1 Å². The third-order valence-corrected chi connectivity index (χ3v) is 8.74. The maximum Gasteiger partial charge on any atom is 0.243 e. The first-order valence-electron chi connectivity index (χ1n) is 13.6. The summed E-state index contributed by atoms with van der Waals surface area (Å²) < 4.78 is 26.3. The summed E-state index contributed by atoms with van der Waals surface area (Å²) in [4.78, 5) is 29.1. The van der Waals surface area contributed by atoms with Gasteiger partial charge in [0.25, 0.3) is 0 Å². The largest absolute Gasteiger partial charge is 0.352 e. The van der Waals surface area contributed by atoms with E-state index in [-0.39, 0.29) is 43.8 Å². The summed E-state index contributed by atoms with van der Waals surface area (Å²) in [6.45, 7) is 4.16. The Hall–Kier alpha value is -3.07. The van der Waals surface area contributed by atoms with Gasteiger partial charge in [-0.3, -0.25) is 13.9 Å². The van der Waals surface area contributed by atoms with Gasteiger partial charge in [-0.25, -0.2) is 8.42 Å². The van der Waals surface area contributed by atoms with E-state index in [0.29, 0.717) is 22.2 Å². The molecule has 0 fully saturated rings. The standard InChI is InChI=1S/C31H37Cl2N3O4S/c1-4-23(2)34-31(38)29(21-24-12-7-5-8-13-24)35(22-25-17-18-27(32)28(33)20-25)30(37)16-11-19-36(41(3,39)40)26-14-9-6-10-15-26/h5-10,12-15,17-18,20,23,29H,4,11,16,19,21-22H2,1-3H3,(H,34,38). The van der Waals surface area contributed by atoms with Crippen molar-refractivity contribution in [1.82, 2.24) is 10.2 Å². The van der Waals surface area contributed by atoms with Crippen molar-refractivity contribution in [1.29, 1.82) is 0 Å². The number of carbonyl (C=O) groups is 2. The quantitative estimate of drug-likeness (QED) is 0.237. The van der Waals surface area contributed by atoms with Crippen LogP contribution >= 0.6 is 23.2 Å². The fourth-order valence-corrected chi connectivity index (χ4v) is 5.71. The third-order valence-electron chi connectivity index (χ3n) is 6.81. The number of halogens is 2. The molecule has 2 atom stereocenters. The molecule has 3 aromatic rings. The molecule has 0 aliphatic heterocycles. The lowest BCUT2D eigenvalue weighted by Gasteiger charge is -2.33. The van der Waals surface area contributed by atoms with Crippen LogP contribution < -0.4 is 9.62 Å². The van der Waals surface area contributed by atoms with Crippen LogP contribution in [0.5, 0.6) is 0 Å². The zero-order valence-electron chi connectivity index (χ0n) is 23.6. The molecular weight excluding hydrogens is 581 g/mol. The van der Waals surface area contributed by atoms with Gasteiger partial charge in [0.15, 0.2) is 0 Å². The molecule has 7 nitrogen and oxygen atoms in total. The Balaban J connectivity index is 1.91. The number of sulfonamides is 1. The van der Waals surface area contributed by atoms with Crippen molar-refractivity contribution in [3.63, 3.8) is 0 Å². The Kier molecular flexibility index (Phi) is 12.1. The number of amides is 2. The predicted molar refractivity (Wildman–Crippen MR) is 167 cm³/mol. The Morgan fingerprint density at radius 1 is 0.902 bits per heavy atom. The van der Waals surface area contributed by atoms with Gasteiger partial charge in [-0.1, -0.05) is 84.7 Å². The number of hydrogen-bond donors (Lipinski definition) is 1. The first-order chi connectivity index (χ1) is 19.5. The van der Waals surface area contributed by atoms with E-state index in [0.717, 1.165) is 23.8 Å². The minimum absolute atomic E-state index is 0.0437. The molecule has 220 valence electrons. The number of carbonyl (C=O) groups excluding carboxylic acids is 2. The number of nitrogens with zero attached hydrogens (tertiary/aromatic N) is 2. The smallest absolute Gasteiger partial charge is 0.243 e. The minimum Gasteiger partial charge on any atom is -0.352 e. The summed E-state index contributed by atoms with van der Waals surface area (Å²) in [5, 5.41) is 3.79. The molecule has 0 spiro atoms. The maximum absolute atomic E-state index is 13.9. The lowest BCUT2D eigenvalue weighted by molar-refractivity contribution is -0.141. The van der Waals surface area contributed by atoms with E-state index in [1.807, 2.05) is 50.2 Å².